The van der Waals surface area contributed by atoms with E-state index in [0.29, 0.717) is 11.9 Å². The number of amides is 2. The van der Waals surface area contributed by atoms with E-state index in [1.54, 1.807) is 0 Å². The number of fused-ring (bicyclic) bond motifs is 2. The molecule has 0 bridgehead atoms. The van der Waals surface area contributed by atoms with Gasteiger partial charge in [-0.3, -0.25) is 14.5 Å². The molecular formula is C41H53N9O4. The van der Waals surface area contributed by atoms with Crippen LogP contribution < -0.4 is 20.3 Å². The van der Waals surface area contributed by atoms with Crippen LogP contribution in [-0.2, 0) is 16.8 Å². The summed E-state index contributed by atoms with van der Waals surface area (Å²) in [5, 5.41) is 27.2. The molecule has 3 atom stereocenters. The van der Waals surface area contributed by atoms with Gasteiger partial charge in [-0.15, -0.1) is 10.2 Å². The fourth-order valence-electron chi connectivity index (χ4n) is 7.22. The number of aromatic nitrogens is 5. The van der Waals surface area contributed by atoms with Crippen LogP contribution in [0.15, 0.2) is 72.9 Å². The zero-order valence-corrected chi connectivity index (χ0v) is 32.2. The molecule has 13 heteroatoms. The van der Waals surface area contributed by atoms with Crippen molar-refractivity contribution in [2.75, 3.05) is 30.4 Å². The van der Waals surface area contributed by atoms with Crippen molar-refractivity contribution in [2.24, 2.45) is 0 Å². The van der Waals surface area contributed by atoms with E-state index in [4.69, 9.17) is 19.7 Å². The SMILES string of the molecule is CCN(C)Cc1ccc(-n2nc(C(C)(C)C)cc2NC(=O)N[C@H]2CC[C@@H](Oc3ccc4nnc(N5CCCCC5C)n4c3)c3ccccc32)cc1.O=CO. The van der Waals surface area contributed by atoms with E-state index in [-0.39, 0.29) is 30.1 Å². The summed E-state index contributed by atoms with van der Waals surface area (Å²) in [6.45, 7) is 13.4. The first-order chi connectivity index (χ1) is 26.0. The van der Waals surface area contributed by atoms with Gasteiger partial charge in [-0.2, -0.15) is 5.10 Å². The molecule has 0 saturated carbocycles. The van der Waals surface area contributed by atoms with Crippen LogP contribution in [0.1, 0.15) is 101 Å². The normalized spacial score (nSPS) is 18.4. The standard InChI is InChI=1S/C40H51N9O2.CH2O2/c1-7-46(6)25-28-15-17-29(18-16-28)49-37(24-35(45-49)40(3,4)5)42-38(50)41-33-20-21-34(32-14-9-8-13-31(32)33)51-30-19-22-36-43-44-39(48(36)26-30)47-23-11-10-12-27(47)2;2-1-3/h8-9,13-19,22,24,26-27,33-34H,7,10-12,20-21,23,25H2,1-6H3,(H2,41,42,50);1H,(H,2,3)/t27?,33-,34+;/m0./s1. The number of urea groups is 1. The van der Waals surface area contributed by atoms with Crippen LogP contribution in [0, 0.1) is 0 Å². The molecule has 1 unspecified atom stereocenters. The van der Waals surface area contributed by atoms with Crippen LogP contribution in [0.25, 0.3) is 11.3 Å². The van der Waals surface area contributed by atoms with Gasteiger partial charge in [0.25, 0.3) is 6.47 Å². The minimum absolute atomic E-state index is 0.149. The van der Waals surface area contributed by atoms with Gasteiger partial charge in [0.05, 0.1) is 23.6 Å². The Labute approximate surface area is 317 Å². The Kier molecular flexibility index (Phi) is 11.9. The van der Waals surface area contributed by atoms with Crippen LogP contribution in [-0.4, -0.2) is 73.1 Å². The second-order valence-corrected chi connectivity index (χ2v) is 15.3. The molecule has 3 N–H and O–H groups in total. The molecule has 4 heterocycles. The fourth-order valence-corrected chi connectivity index (χ4v) is 7.22. The quantitative estimate of drug-likeness (QED) is 0.131. The smallest absolute Gasteiger partial charge is 0.320 e. The summed E-state index contributed by atoms with van der Waals surface area (Å²) >= 11 is 0. The summed E-state index contributed by atoms with van der Waals surface area (Å²) in [6.07, 6.45) is 6.92. The first-order valence-corrected chi connectivity index (χ1v) is 18.9. The molecule has 1 saturated heterocycles. The maximum Gasteiger partial charge on any atom is 0.320 e. The number of hydrogen-bond acceptors (Lipinski definition) is 8. The lowest BCUT2D eigenvalue weighted by molar-refractivity contribution is -0.122. The van der Waals surface area contributed by atoms with Crippen LogP contribution in [0.4, 0.5) is 16.6 Å². The molecule has 54 heavy (non-hydrogen) atoms. The van der Waals surface area contributed by atoms with Crippen LogP contribution in [0.2, 0.25) is 0 Å². The van der Waals surface area contributed by atoms with Crippen molar-refractivity contribution >= 4 is 29.9 Å². The highest BCUT2D eigenvalue weighted by Gasteiger charge is 2.31. The topological polar surface area (TPSA) is 142 Å². The highest BCUT2D eigenvalue weighted by atomic mass is 16.5. The van der Waals surface area contributed by atoms with Crippen molar-refractivity contribution in [2.45, 2.75) is 96.9 Å². The maximum atomic E-state index is 13.7. The summed E-state index contributed by atoms with van der Waals surface area (Å²) in [5.74, 6) is 2.27. The number of carbonyl (C=O) groups is 2. The van der Waals surface area contributed by atoms with E-state index < -0.39 is 0 Å². The monoisotopic (exact) mass is 735 g/mol. The number of pyridine rings is 1. The van der Waals surface area contributed by atoms with Gasteiger partial charge in [-0.05, 0) is 93.6 Å². The van der Waals surface area contributed by atoms with Gasteiger partial charge >= 0.3 is 6.03 Å². The average molecular weight is 736 g/mol. The Hall–Kier alpha value is -5.43. The first kappa shape index (κ1) is 38.3. The lowest BCUT2D eigenvalue weighted by Gasteiger charge is -2.33. The number of carboxylic acid groups (broad SMARTS) is 1. The largest absolute Gasteiger partial charge is 0.484 e. The molecule has 7 rings (SSSR count). The molecule has 2 aromatic carbocycles. The van der Waals surface area contributed by atoms with Crippen molar-refractivity contribution in [1.29, 1.82) is 0 Å². The molecular weight excluding hydrogens is 683 g/mol. The highest BCUT2D eigenvalue weighted by Crippen LogP contribution is 2.39. The first-order valence-electron chi connectivity index (χ1n) is 18.9. The van der Waals surface area contributed by atoms with Crippen molar-refractivity contribution in [3.63, 3.8) is 0 Å². The number of nitrogens with zero attached hydrogens (tertiary/aromatic N) is 7. The zero-order valence-electron chi connectivity index (χ0n) is 32.2. The Morgan fingerprint density at radius 2 is 1.76 bits per heavy atom. The van der Waals surface area contributed by atoms with Gasteiger partial charge in [-0.1, -0.05) is 64.1 Å². The molecule has 286 valence electrons. The number of benzene rings is 2. The fraction of sp³-hybridized carbons (Fsp3) is 0.439. The van der Waals surface area contributed by atoms with Crippen LogP contribution in [0.5, 0.6) is 5.75 Å². The number of piperidine rings is 1. The molecule has 13 nitrogen and oxygen atoms in total. The van der Waals surface area contributed by atoms with Crippen LogP contribution in [0.3, 0.4) is 0 Å². The third kappa shape index (κ3) is 8.68. The Morgan fingerprint density at radius 1 is 1.02 bits per heavy atom. The number of nitrogens with one attached hydrogen (secondary N) is 2. The van der Waals surface area contributed by atoms with E-state index in [9.17, 15) is 4.79 Å². The molecule has 2 aliphatic rings. The minimum atomic E-state index is -0.269. The van der Waals surface area contributed by atoms with Gasteiger partial charge < -0.3 is 25.0 Å². The summed E-state index contributed by atoms with van der Waals surface area (Å²) in [5.41, 5.74) is 5.79. The van der Waals surface area contributed by atoms with Gasteiger partial charge in [0.2, 0.25) is 5.95 Å². The molecule has 3 aromatic heterocycles. The van der Waals surface area contributed by atoms with Crippen molar-refractivity contribution in [1.82, 2.24) is 34.6 Å². The van der Waals surface area contributed by atoms with Gasteiger partial charge in [-0.25, -0.2) is 9.48 Å². The molecule has 1 fully saturated rings. The van der Waals surface area contributed by atoms with E-state index in [0.717, 1.165) is 85.2 Å². The Bertz CT molecular complexity index is 2030. The number of rotatable bonds is 9. The van der Waals surface area contributed by atoms with E-state index >= 15 is 0 Å². The molecule has 1 aliphatic heterocycles. The lowest BCUT2D eigenvalue weighted by Crippen LogP contribution is -2.38. The molecule has 0 spiro atoms. The third-order valence-electron chi connectivity index (χ3n) is 10.3. The second kappa shape index (κ2) is 16.7. The minimum Gasteiger partial charge on any atom is -0.484 e. The summed E-state index contributed by atoms with van der Waals surface area (Å²) in [6, 6.07) is 22.5. The number of ether oxygens (including phenoxy) is 1. The predicted octanol–water partition coefficient (Wildman–Crippen LogP) is 7.52. The highest BCUT2D eigenvalue weighted by molar-refractivity contribution is 5.89. The summed E-state index contributed by atoms with van der Waals surface area (Å²) in [7, 11) is 2.11. The second-order valence-electron chi connectivity index (χ2n) is 15.3. The van der Waals surface area contributed by atoms with Gasteiger partial charge in [0.15, 0.2) is 5.65 Å². The summed E-state index contributed by atoms with van der Waals surface area (Å²) < 4.78 is 10.6. The number of carbonyl (C=O) groups excluding carboxylic acids is 1. The average Bonchev–Trinajstić information content (AvgIpc) is 3.78. The van der Waals surface area contributed by atoms with Crippen molar-refractivity contribution in [3.05, 3.63) is 95.3 Å². The molecule has 1 aliphatic carbocycles. The van der Waals surface area contributed by atoms with E-state index in [2.05, 4.69) is 113 Å². The van der Waals surface area contributed by atoms with Crippen molar-refractivity contribution in [3.8, 4) is 11.4 Å². The number of anilines is 2. The molecule has 2 amide bonds. The maximum absolute atomic E-state index is 13.7. The third-order valence-corrected chi connectivity index (χ3v) is 10.3. The zero-order chi connectivity index (χ0) is 38.4. The Balaban J connectivity index is 0.00000160. The lowest BCUT2D eigenvalue weighted by atomic mass is 9.85. The van der Waals surface area contributed by atoms with E-state index in [1.165, 1.54) is 12.0 Å². The number of hydrogen-bond donors (Lipinski definition) is 3. The molecule has 5 aromatic rings. The van der Waals surface area contributed by atoms with Crippen LogP contribution >= 0.6 is 0 Å². The Morgan fingerprint density at radius 3 is 2.46 bits per heavy atom. The molecule has 0 radical (unpaired) electrons. The summed E-state index contributed by atoms with van der Waals surface area (Å²) in [4.78, 5) is 26.7. The van der Waals surface area contributed by atoms with E-state index in [1.807, 2.05) is 41.2 Å². The van der Waals surface area contributed by atoms with Gasteiger partial charge in [0.1, 0.15) is 17.7 Å². The van der Waals surface area contributed by atoms with Gasteiger partial charge in [0, 0.05) is 30.6 Å². The predicted molar refractivity (Wildman–Crippen MR) is 211 cm³/mol. The van der Waals surface area contributed by atoms with Crippen molar-refractivity contribution < 1.29 is 19.4 Å².